The molecule has 1 aliphatic rings. The van der Waals surface area contributed by atoms with Gasteiger partial charge < -0.3 is 9.64 Å². The third-order valence-corrected chi connectivity index (χ3v) is 3.13. The molecule has 4 heteroatoms. The lowest BCUT2D eigenvalue weighted by Gasteiger charge is -2.19. The van der Waals surface area contributed by atoms with Crippen LogP contribution in [0.3, 0.4) is 0 Å². The molecular formula is C12H14BrNO2. The first-order valence-corrected chi connectivity index (χ1v) is 6.15. The third-order valence-electron chi connectivity index (χ3n) is 2.61. The standard InChI is InChI=1S/C12H14BrNO2/c13-11-3-1-10(2-4-11)9-14-6-8-16-7-5-12(14)15/h1-4H,5-9H2. The van der Waals surface area contributed by atoms with Crippen molar-refractivity contribution in [2.75, 3.05) is 19.8 Å². The van der Waals surface area contributed by atoms with Gasteiger partial charge in [-0.3, -0.25) is 4.79 Å². The highest BCUT2D eigenvalue weighted by atomic mass is 79.9. The molecule has 0 bridgehead atoms. The predicted octanol–water partition coefficient (Wildman–Crippen LogP) is 2.20. The monoisotopic (exact) mass is 283 g/mol. The molecule has 0 aliphatic carbocycles. The smallest absolute Gasteiger partial charge is 0.225 e. The molecule has 1 aromatic carbocycles. The molecule has 0 saturated carbocycles. The normalized spacial score (nSPS) is 17.3. The topological polar surface area (TPSA) is 29.5 Å². The maximum atomic E-state index is 11.7. The van der Waals surface area contributed by atoms with Gasteiger partial charge in [0.15, 0.2) is 0 Å². The Morgan fingerprint density at radius 3 is 2.75 bits per heavy atom. The average molecular weight is 284 g/mol. The lowest BCUT2D eigenvalue weighted by atomic mass is 10.2. The molecule has 1 amide bonds. The van der Waals surface area contributed by atoms with Gasteiger partial charge in [-0.1, -0.05) is 28.1 Å². The van der Waals surface area contributed by atoms with E-state index in [2.05, 4.69) is 15.9 Å². The van der Waals surface area contributed by atoms with Crippen LogP contribution in [-0.2, 0) is 16.1 Å². The van der Waals surface area contributed by atoms with Crippen LogP contribution < -0.4 is 0 Å². The zero-order chi connectivity index (χ0) is 11.4. The number of hydrogen-bond donors (Lipinski definition) is 0. The second kappa shape index (κ2) is 5.46. The van der Waals surface area contributed by atoms with Gasteiger partial charge in [0.1, 0.15) is 0 Å². The average Bonchev–Trinajstić information content (AvgIpc) is 2.48. The fraction of sp³-hybridized carbons (Fsp3) is 0.417. The van der Waals surface area contributed by atoms with Crippen molar-refractivity contribution < 1.29 is 9.53 Å². The predicted molar refractivity (Wildman–Crippen MR) is 65.0 cm³/mol. The molecule has 0 unspecified atom stereocenters. The number of hydrogen-bond acceptors (Lipinski definition) is 2. The van der Waals surface area contributed by atoms with Gasteiger partial charge in [-0.15, -0.1) is 0 Å². The second-order valence-corrected chi connectivity index (χ2v) is 4.72. The van der Waals surface area contributed by atoms with Gasteiger partial charge in [0.2, 0.25) is 5.91 Å². The highest BCUT2D eigenvalue weighted by Gasteiger charge is 2.16. The summed E-state index contributed by atoms with van der Waals surface area (Å²) in [7, 11) is 0. The van der Waals surface area contributed by atoms with Gasteiger partial charge in [-0.2, -0.15) is 0 Å². The lowest BCUT2D eigenvalue weighted by molar-refractivity contribution is -0.131. The molecule has 0 spiro atoms. The Hall–Kier alpha value is -0.870. The molecule has 0 radical (unpaired) electrons. The van der Waals surface area contributed by atoms with Crippen LogP contribution in [0.4, 0.5) is 0 Å². The molecule has 0 atom stereocenters. The van der Waals surface area contributed by atoms with E-state index in [9.17, 15) is 4.79 Å². The first kappa shape index (κ1) is 11.6. The Labute approximate surface area is 104 Å². The first-order chi connectivity index (χ1) is 7.75. The van der Waals surface area contributed by atoms with Crippen LogP contribution in [0.2, 0.25) is 0 Å². The molecule has 1 heterocycles. The fourth-order valence-corrected chi connectivity index (χ4v) is 1.96. The summed E-state index contributed by atoms with van der Waals surface area (Å²) in [6.45, 7) is 2.56. The number of ether oxygens (including phenoxy) is 1. The van der Waals surface area contributed by atoms with E-state index in [1.54, 1.807) is 0 Å². The Bertz CT molecular complexity index is 364. The molecule has 1 saturated heterocycles. The molecule has 2 rings (SSSR count). The highest BCUT2D eigenvalue weighted by Crippen LogP contribution is 2.13. The number of halogens is 1. The van der Waals surface area contributed by atoms with Crippen LogP contribution in [0.25, 0.3) is 0 Å². The highest BCUT2D eigenvalue weighted by molar-refractivity contribution is 9.10. The van der Waals surface area contributed by atoms with E-state index >= 15 is 0 Å². The van der Waals surface area contributed by atoms with E-state index in [1.165, 1.54) is 0 Å². The minimum atomic E-state index is 0.181. The summed E-state index contributed by atoms with van der Waals surface area (Å²) in [5, 5.41) is 0. The summed E-state index contributed by atoms with van der Waals surface area (Å²) in [6.07, 6.45) is 0.497. The van der Waals surface area contributed by atoms with Crippen LogP contribution in [0.15, 0.2) is 28.7 Å². The minimum absolute atomic E-state index is 0.181. The van der Waals surface area contributed by atoms with E-state index in [1.807, 2.05) is 29.2 Å². The number of rotatable bonds is 2. The third kappa shape index (κ3) is 3.06. The quantitative estimate of drug-likeness (QED) is 0.833. The maximum absolute atomic E-state index is 11.7. The van der Waals surface area contributed by atoms with Crippen molar-refractivity contribution >= 4 is 21.8 Å². The van der Waals surface area contributed by atoms with E-state index in [0.29, 0.717) is 32.7 Å². The molecule has 0 aromatic heterocycles. The Balaban J connectivity index is 2.02. The molecular weight excluding hydrogens is 270 g/mol. The zero-order valence-corrected chi connectivity index (χ0v) is 10.6. The molecule has 3 nitrogen and oxygen atoms in total. The Kier molecular flexibility index (Phi) is 3.96. The Morgan fingerprint density at radius 1 is 1.25 bits per heavy atom. The van der Waals surface area contributed by atoms with Crippen molar-refractivity contribution in [1.82, 2.24) is 4.90 Å². The Morgan fingerprint density at radius 2 is 2.00 bits per heavy atom. The number of nitrogens with zero attached hydrogens (tertiary/aromatic N) is 1. The van der Waals surface area contributed by atoms with Crippen molar-refractivity contribution in [2.24, 2.45) is 0 Å². The van der Waals surface area contributed by atoms with Crippen LogP contribution in [-0.4, -0.2) is 30.6 Å². The van der Waals surface area contributed by atoms with Crippen molar-refractivity contribution in [1.29, 1.82) is 0 Å². The van der Waals surface area contributed by atoms with Gasteiger partial charge in [0, 0.05) is 17.6 Å². The van der Waals surface area contributed by atoms with Crippen LogP contribution >= 0.6 is 15.9 Å². The first-order valence-electron chi connectivity index (χ1n) is 5.35. The molecule has 86 valence electrons. The van der Waals surface area contributed by atoms with E-state index in [4.69, 9.17) is 4.74 Å². The molecule has 1 aromatic rings. The summed E-state index contributed by atoms with van der Waals surface area (Å²) >= 11 is 3.39. The molecule has 16 heavy (non-hydrogen) atoms. The van der Waals surface area contributed by atoms with Crippen LogP contribution in [0, 0.1) is 0 Å². The maximum Gasteiger partial charge on any atom is 0.225 e. The van der Waals surface area contributed by atoms with Gasteiger partial charge in [0.05, 0.1) is 19.6 Å². The minimum Gasteiger partial charge on any atom is -0.379 e. The van der Waals surface area contributed by atoms with E-state index in [0.717, 1.165) is 10.0 Å². The van der Waals surface area contributed by atoms with E-state index in [-0.39, 0.29) is 5.91 Å². The van der Waals surface area contributed by atoms with Gasteiger partial charge in [-0.25, -0.2) is 0 Å². The van der Waals surface area contributed by atoms with Gasteiger partial charge >= 0.3 is 0 Å². The summed E-state index contributed by atoms with van der Waals surface area (Å²) in [4.78, 5) is 13.6. The zero-order valence-electron chi connectivity index (χ0n) is 8.99. The summed E-state index contributed by atoms with van der Waals surface area (Å²) in [5.41, 5.74) is 1.15. The van der Waals surface area contributed by atoms with Gasteiger partial charge in [0.25, 0.3) is 0 Å². The largest absolute Gasteiger partial charge is 0.379 e. The SMILES string of the molecule is O=C1CCOCCN1Cc1ccc(Br)cc1. The number of carbonyl (C=O) groups is 1. The molecule has 0 N–H and O–H groups in total. The second-order valence-electron chi connectivity index (χ2n) is 3.80. The van der Waals surface area contributed by atoms with Crippen LogP contribution in [0.1, 0.15) is 12.0 Å². The van der Waals surface area contributed by atoms with E-state index < -0.39 is 0 Å². The number of amides is 1. The fourth-order valence-electron chi connectivity index (χ4n) is 1.70. The van der Waals surface area contributed by atoms with Crippen molar-refractivity contribution in [3.63, 3.8) is 0 Å². The van der Waals surface area contributed by atoms with Crippen molar-refractivity contribution in [3.05, 3.63) is 34.3 Å². The number of benzene rings is 1. The molecule has 1 aliphatic heterocycles. The van der Waals surface area contributed by atoms with Crippen molar-refractivity contribution in [2.45, 2.75) is 13.0 Å². The summed E-state index contributed by atoms with van der Waals surface area (Å²) < 4.78 is 6.34. The van der Waals surface area contributed by atoms with Gasteiger partial charge in [-0.05, 0) is 17.7 Å². The number of carbonyl (C=O) groups excluding carboxylic acids is 1. The summed E-state index contributed by atoms with van der Waals surface area (Å²) in [5.74, 6) is 0.181. The lowest BCUT2D eigenvalue weighted by Crippen LogP contribution is -2.31. The molecule has 1 fully saturated rings. The van der Waals surface area contributed by atoms with Crippen molar-refractivity contribution in [3.8, 4) is 0 Å². The summed E-state index contributed by atoms with van der Waals surface area (Å²) in [6, 6.07) is 8.05. The van der Waals surface area contributed by atoms with Crippen LogP contribution in [0.5, 0.6) is 0 Å².